The van der Waals surface area contributed by atoms with Crippen LogP contribution in [0.15, 0.2) is 0 Å². The molecule has 1 rings (SSSR count). The molecule has 0 unspecified atom stereocenters. The van der Waals surface area contributed by atoms with Gasteiger partial charge in [-0.25, -0.2) is 0 Å². The Morgan fingerprint density at radius 2 is 1.62 bits per heavy atom. The van der Waals surface area contributed by atoms with E-state index in [1.807, 2.05) is 0 Å². The molecule has 0 aromatic rings. The molecule has 0 atom stereocenters. The highest BCUT2D eigenvalue weighted by Gasteiger charge is 2.33. The van der Waals surface area contributed by atoms with Crippen molar-refractivity contribution in [3.63, 3.8) is 0 Å². The van der Waals surface area contributed by atoms with Gasteiger partial charge in [0.05, 0.1) is 13.1 Å². The molecule has 0 spiro atoms. The first-order valence-corrected chi connectivity index (χ1v) is 2.90. The van der Waals surface area contributed by atoms with E-state index in [2.05, 4.69) is 0 Å². The van der Waals surface area contributed by atoms with Crippen molar-refractivity contribution in [2.45, 2.75) is 6.42 Å². The first kappa shape index (κ1) is 6.01. The lowest BCUT2D eigenvalue weighted by Crippen LogP contribution is -2.58. The molecule has 1 saturated heterocycles. The van der Waals surface area contributed by atoms with E-state index < -0.39 is 0 Å². The molecule has 1 heterocycles. The third-order valence-corrected chi connectivity index (χ3v) is 1.86. The third kappa shape index (κ3) is 0.727. The Kier molecular flexibility index (Phi) is 1.51. The largest absolute Gasteiger partial charge is 0.347 e. The molecule has 0 aliphatic carbocycles. The lowest BCUT2D eigenvalue weighted by Gasteiger charge is -2.41. The van der Waals surface area contributed by atoms with Crippen molar-refractivity contribution in [1.82, 2.24) is 0 Å². The smallest absolute Gasteiger partial charge is 0.182 e. The Morgan fingerprint density at radius 3 is 1.62 bits per heavy atom. The normalized spacial score (nSPS) is 24.8. The fourth-order valence-electron chi connectivity index (χ4n) is 0.933. The summed E-state index contributed by atoms with van der Waals surface area (Å²) < 4.78 is 0.500. The summed E-state index contributed by atoms with van der Waals surface area (Å²) in [5, 5.41) is 17.3. The van der Waals surface area contributed by atoms with E-state index in [4.69, 9.17) is 10.2 Å². The van der Waals surface area contributed by atoms with Crippen LogP contribution in [0.1, 0.15) is 6.42 Å². The lowest BCUT2D eigenvalue weighted by molar-refractivity contribution is -0.994. The molecule has 2 N–H and O–H groups in total. The van der Waals surface area contributed by atoms with Crippen LogP contribution in [0.4, 0.5) is 0 Å². The number of nitrogens with zero attached hydrogens (tertiary/aromatic N) is 1. The van der Waals surface area contributed by atoms with Gasteiger partial charge in [-0.3, -0.25) is 4.48 Å². The van der Waals surface area contributed by atoms with Gasteiger partial charge in [0.15, 0.2) is 13.5 Å². The predicted octanol–water partition coefficient (Wildman–Crippen LogP) is -0.894. The van der Waals surface area contributed by atoms with Gasteiger partial charge in [0.1, 0.15) is 0 Å². The number of hydrogen-bond acceptors (Lipinski definition) is 2. The fraction of sp³-hybridized carbons (Fsp3) is 1.00. The predicted molar refractivity (Wildman–Crippen MR) is 28.8 cm³/mol. The van der Waals surface area contributed by atoms with E-state index in [1.54, 1.807) is 0 Å². The Balaban J connectivity index is 2.33. The van der Waals surface area contributed by atoms with Gasteiger partial charge < -0.3 is 10.2 Å². The van der Waals surface area contributed by atoms with Crippen molar-refractivity contribution in [3.8, 4) is 0 Å². The van der Waals surface area contributed by atoms with Crippen LogP contribution in [0.25, 0.3) is 0 Å². The third-order valence-electron chi connectivity index (χ3n) is 1.86. The molecule has 0 radical (unpaired) electrons. The number of aliphatic hydroxyl groups excluding tert-OH is 2. The van der Waals surface area contributed by atoms with E-state index in [0.717, 1.165) is 19.5 Å². The summed E-state index contributed by atoms with van der Waals surface area (Å²) >= 11 is 0. The highest BCUT2D eigenvalue weighted by atomic mass is 16.3. The average Bonchev–Trinajstić information content (AvgIpc) is 1.67. The zero-order valence-corrected chi connectivity index (χ0v) is 4.88. The van der Waals surface area contributed by atoms with E-state index in [0.29, 0.717) is 4.48 Å². The maximum absolute atomic E-state index is 8.65. The summed E-state index contributed by atoms with van der Waals surface area (Å²) in [5.41, 5.74) is 0. The number of likely N-dealkylation sites (tertiary alicyclic amines) is 1. The van der Waals surface area contributed by atoms with Crippen LogP contribution in [-0.4, -0.2) is 41.2 Å². The highest BCUT2D eigenvalue weighted by molar-refractivity contribution is 4.48. The molecule has 0 saturated carbocycles. The topological polar surface area (TPSA) is 40.5 Å². The van der Waals surface area contributed by atoms with E-state index in [-0.39, 0.29) is 13.5 Å². The van der Waals surface area contributed by atoms with Gasteiger partial charge in [-0.1, -0.05) is 0 Å². The molecule has 8 heavy (non-hydrogen) atoms. The molecule has 1 aliphatic rings. The molecule has 0 bridgehead atoms. The van der Waals surface area contributed by atoms with Gasteiger partial charge in [-0.05, 0) is 0 Å². The van der Waals surface area contributed by atoms with Gasteiger partial charge in [-0.15, -0.1) is 0 Å². The van der Waals surface area contributed by atoms with Crippen molar-refractivity contribution < 1.29 is 14.7 Å². The molecule has 0 amide bonds. The molecule has 0 aromatic heterocycles. The lowest BCUT2D eigenvalue weighted by atomic mass is 10.2. The summed E-state index contributed by atoms with van der Waals surface area (Å²) in [6.07, 6.45) is 1.14. The number of aliphatic hydroxyl groups is 2. The number of quaternary nitrogens is 1. The average molecular weight is 118 g/mol. The van der Waals surface area contributed by atoms with Crippen molar-refractivity contribution in [1.29, 1.82) is 0 Å². The van der Waals surface area contributed by atoms with Crippen molar-refractivity contribution in [2.24, 2.45) is 0 Å². The SMILES string of the molecule is OC[N+]1(CO)CCC1. The second kappa shape index (κ2) is 2.01. The Morgan fingerprint density at radius 1 is 1.12 bits per heavy atom. The fourth-order valence-corrected chi connectivity index (χ4v) is 0.933. The van der Waals surface area contributed by atoms with Crippen molar-refractivity contribution in [2.75, 3.05) is 26.6 Å². The van der Waals surface area contributed by atoms with Crippen LogP contribution in [0, 0.1) is 0 Å². The monoisotopic (exact) mass is 118 g/mol. The summed E-state index contributed by atoms with van der Waals surface area (Å²) in [6, 6.07) is 0. The van der Waals surface area contributed by atoms with Crippen LogP contribution < -0.4 is 0 Å². The molecule has 3 heteroatoms. The number of hydrogen-bond donors (Lipinski definition) is 2. The maximum Gasteiger partial charge on any atom is 0.182 e. The zero-order chi connectivity index (χ0) is 6.04. The van der Waals surface area contributed by atoms with Gasteiger partial charge >= 0.3 is 0 Å². The van der Waals surface area contributed by atoms with Crippen LogP contribution >= 0.6 is 0 Å². The minimum absolute atomic E-state index is 0.0938. The minimum Gasteiger partial charge on any atom is -0.347 e. The van der Waals surface area contributed by atoms with Crippen molar-refractivity contribution >= 4 is 0 Å². The van der Waals surface area contributed by atoms with Crippen LogP contribution in [0.2, 0.25) is 0 Å². The van der Waals surface area contributed by atoms with Crippen LogP contribution in [-0.2, 0) is 0 Å². The van der Waals surface area contributed by atoms with Crippen LogP contribution in [0.5, 0.6) is 0 Å². The van der Waals surface area contributed by atoms with E-state index in [9.17, 15) is 0 Å². The van der Waals surface area contributed by atoms with Gasteiger partial charge in [0.25, 0.3) is 0 Å². The molecule has 48 valence electrons. The summed E-state index contributed by atoms with van der Waals surface area (Å²) in [5.74, 6) is 0. The molecule has 1 aliphatic heterocycles. The summed E-state index contributed by atoms with van der Waals surface area (Å²) in [4.78, 5) is 0. The molecule has 1 fully saturated rings. The Bertz CT molecular complexity index is 67.0. The minimum atomic E-state index is 0.0938. The van der Waals surface area contributed by atoms with E-state index >= 15 is 0 Å². The molecule has 3 nitrogen and oxygen atoms in total. The Hall–Kier alpha value is -0.120. The standard InChI is InChI=1S/C5H12NO2/c7-4-6(5-8)2-1-3-6/h7-8H,1-5H2/q+1. The first-order chi connectivity index (χ1) is 3.83. The molecular weight excluding hydrogens is 106 g/mol. The first-order valence-electron chi connectivity index (χ1n) is 2.90. The number of rotatable bonds is 2. The van der Waals surface area contributed by atoms with Crippen LogP contribution in [0.3, 0.4) is 0 Å². The van der Waals surface area contributed by atoms with Crippen molar-refractivity contribution in [3.05, 3.63) is 0 Å². The summed E-state index contributed by atoms with van der Waals surface area (Å²) in [7, 11) is 0. The van der Waals surface area contributed by atoms with Gasteiger partial charge in [0, 0.05) is 6.42 Å². The quantitative estimate of drug-likeness (QED) is 0.462. The second-order valence-corrected chi connectivity index (χ2v) is 2.43. The molecular formula is C5H12NO2+. The van der Waals surface area contributed by atoms with E-state index in [1.165, 1.54) is 0 Å². The Labute approximate surface area is 48.8 Å². The maximum atomic E-state index is 8.65. The zero-order valence-electron chi connectivity index (χ0n) is 4.88. The van der Waals surface area contributed by atoms with Gasteiger partial charge in [-0.2, -0.15) is 0 Å². The van der Waals surface area contributed by atoms with Gasteiger partial charge in [0.2, 0.25) is 0 Å². The molecule has 0 aromatic carbocycles. The highest BCUT2D eigenvalue weighted by Crippen LogP contribution is 2.16. The second-order valence-electron chi connectivity index (χ2n) is 2.43. The summed E-state index contributed by atoms with van der Waals surface area (Å²) in [6.45, 7) is 2.06.